The number of carbonyl (C=O) groups excluding carboxylic acids is 2. The minimum Gasteiger partial charge on any atom is -0.495 e. The van der Waals surface area contributed by atoms with Crippen LogP contribution in [0.2, 0.25) is 0 Å². The molecule has 1 heterocycles. The summed E-state index contributed by atoms with van der Waals surface area (Å²) in [6.07, 6.45) is 4.03. The molecule has 0 unspecified atom stereocenters. The number of methoxy groups -OCH3 is 1. The van der Waals surface area contributed by atoms with Crippen LogP contribution in [0, 0.1) is 0 Å². The van der Waals surface area contributed by atoms with Gasteiger partial charge < -0.3 is 10.1 Å². The summed E-state index contributed by atoms with van der Waals surface area (Å²) in [7, 11) is 1.60. The zero-order valence-corrected chi connectivity index (χ0v) is 16.6. The minimum atomic E-state index is -0.177. The van der Waals surface area contributed by atoms with Crippen LogP contribution in [0.4, 0.5) is 5.69 Å². The van der Waals surface area contributed by atoms with Crippen LogP contribution >= 0.6 is 0 Å². The van der Waals surface area contributed by atoms with Gasteiger partial charge in [0, 0.05) is 19.3 Å². The molecular formula is C23H25N3O3. The van der Waals surface area contributed by atoms with Gasteiger partial charge in [-0.3, -0.25) is 9.59 Å². The molecule has 0 saturated heterocycles. The van der Waals surface area contributed by atoms with Gasteiger partial charge in [-0.25, -0.2) is 5.01 Å². The number of rotatable bonds is 6. The van der Waals surface area contributed by atoms with Gasteiger partial charge in [-0.1, -0.05) is 36.4 Å². The van der Waals surface area contributed by atoms with Gasteiger partial charge in [-0.2, -0.15) is 5.10 Å². The van der Waals surface area contributed by atoms with Crippen molar-refractivity contribution in [2.75, 3.05) is 19.0 Å². The summed E-state index contributed by atoms with van der Waals surface area (Å²) < 4.78 is 5.42. The zero-order chi connectivity index (χ0) is 20.2. The van der Waals surface area contributed by atoms with Gasteiger partial charge in [0.1, 0.15) is 5.75 Å². The normalized spacial score (nSPS) is 15.1. The van der Waals surface area contributed by atoms with Crippen molar-refractivity contribution < 1.29 is 14.3 Å². The van der Waals surface area contributed by atoms with Crippen LogP contribution in [0.25, 0.3) is 0 Å². The van der Waals surface area contributed by atoms with Crippen LogP contribution in [-0.2, 0) is 22.4 Å². The number of fused-ring (bicyclic) bond motifs is 1. The van der Waals surface area contributed by atoms with Crippen LogP contribution < -0.4 is 10.1 Å². The monoisotopic (exact) mass is 391 g/mol. The lowest BCUT2D eigenvalue weighted by atomic mass is 10.1. The Kier molecular flexibility index (Phi) is 5.60. The number of amides is 2. The fourth-order valence-corrected chi connectivity index (χ4v) is 3.97. The number of benzene rings is 2. The number of carbonyl (C=O) groups is 2. The maximum atomic E-state index is 12.5. The Morgan fingerprint density at radius 2 is 1.90 bits per heavy atom. The van der Waals surface area contributed by atoms with Gasteiger partial charge in [0.15, 0.2) is 0 Å². The fourth-order valence-electron chi connectivity index (χ4n) is 3.97. The van der Waals surface area contributed by atoms with Crippen molar-refractivity contribution in [3.8, 4) is 5.75 Å². The Morgan fingerprint density at radius 3 is 2.69 bits per heavy atom. The molecule has 2 amide bonds. The minimum absolute atomic E-state index is 0.123. The van der Waals surface area contributed by atoms with Gasteiger partial charge in [-0.05, 0) is 42.0 Å². The summed E-state index contributed by atoms with van der Waals surface area (Å²) in [5.41, 5.74) is 5.11. The van der Waals surface area contributed by atoms with E-state index < -0.39 is 0 Å². The molecule has 2 aromatic carbocycles. The average molecular weight is 391 g/mol. The Bertz CT molecular complexity index is 953. The van der Waals surface area contributed by atoms with Crippen molar-refractivity contribution in [2.45, 2.75) is 38.5 Å². The molecule has 6 nitrogen and oxygen atoms in total. The highest BCUT2D eigenvalue weighted by molar-refractivity contribution is 6.03. The fraction of sp³-hybridized carbons (Fsp3) is 0.348. The van der Waals surface area contributed by atoms with Crippen LogP contribution in [0.5, 0.6) is 5.75 Å². The standard InChI is InChI=1S/C23H25N3O3/c1-29-20-11-10-16-8-5-9-18(16)23(20)24-21(27)12-13-22(28)26-15-14-19(25-26)17-6-3-2-4-7-17/h2-4,6-7,10-11H,5,8-9,12-15H2,1H3,(H,24,27). The smallest absolute Gasteiger partial charge is 0.243 e. The highest BCUT2D eigenvalue weighted by Crippen LogP contribution is 2.36. The van der Waals surface area contributed by atoms with E-state index in [4.69, 9.17) is 4.74 Å². The predicted octanol–water partition coefficient (Wildman–Crippen LogP) is 3.54. The molecular weight excluding hydrogens is 366 g/mol. The molecule has 4 rings (SSSR count). The quantitative estimate of drug-likeness (QED) is 0.819. The van der Waals surface area contributed by atoms with Crippen molar-refractivity contribution >= 4 is 23.2 Å². The Labute approximate surface area is 170 Å². The molecule has 1 N–H and O–H groups in total. The van der Waals surface area contributed by atoms with Crippen molar-refractivity contribution in [1.82, 2.24) is 5.01 Å². The van der Waals surface area contributed by atoms with Crippen LogP contribution in [-0.4, -0.2) is 36.2 Å². The van der Waals surface area contributed by atoms with Crippen molar-refractivity contribution in [2.24, 2.45) is 5.10 Å². The first-order chi connectivity index (χ1) is 14.2. The van der Waals surface area contributed by atoms with E-state index in [9.17, 15) is 9.59 Å². The summed E-state index contributed by atoms with van der Waals surface area (Å²) >= 11 is 0. The summed E-state index contributed by atoms with van der Waals surface area (Å²) in [5, 5.41) is 8.90. The molecule has 0 radical (unpaired) electrons. The van der Waals surface area contributed by atoms with E-state index in [1.165, 1.54) is 10.6 Å². The summed E-state index contributed by atoms with van der Waals surface area (Å²) in [6, 6.07) is 13.8. The van der Waals surface area contributed by atoms with Crippen molar-refractivity contribution in [1.29, 1.82) is 0 Å². The first-order valence-electron chi connectivity index (χ1n) is 10.1. The maximum Gasteiger partial charge on any atom is 0.243 e. The molecule has 1 aliphatic carbocycles. The second-order valence-corrected chi connectivity index (χ2v) is 7.36. The number of anilines is 1. The van der Waals surface area contributed by atoms with E-state index in [-0.39, 0.29) is 24.7 Å². The first kappa shape index (κ1) is 19.2. The molecule has 0 atom stereocenters. The lowest BCUT2D eigenvalue weighted by Gasteiger charge is -2.15. The molecule has 6 heteroatoms. The molecule has 0 spiro atoms. The number of nitrogens with zero attached hydrogens (tertiary/aromatic N) is 2. The first-order valence-corrected chi connectivity index (χ1v) is 10.1. The van der Waals surface area contributed by atoms with Crippen LogP contribution in [0.15, 0.2) is 47.6 Å². The van der Waals surface area contributed by atoms with E-state index in [1.54, 1.807) is 7.11 Å². The SMILES string of the molecule is COc1ccc2c(c1NC(=O)CCC(=O)N1CCC(c3ccccc3)=N1)CCC2. The van der Waals surface area contributed by atoms with Gasteiger partial charge in [0.2, 0.25) is 11.8 Å². The highest BCUT2D eigenvalue weighted by Gasteiger charge is 2.23. The second kappa shape index (κ2) is 8.47. The number of hydrogen-bond acceptors (Lipinski definition) is 4. The number of hydrazone groups is 1. The Hall–Kier alpha value is -3.15. The summed E-state index contributed by atoms with van der Waals surface area (Å²) in [4.78, 5) is 25.0. The van der Waals surface area contributed by atoms with E-state index in [0.717, 1.165) is 48.2 Å². The highest BCUT2D eigenvalue weighted by atomic mass is 16.5. The van der Waals surface area contributed by atoms with Crippen LogP contribution in [0.1, 0.15) is 42.4 Å². The molecule has 29 heavy (non-hydrogen) atoms. The molecule has 2 aromatic rings. The maximum absolute atomic E-state index is 12.5. The Balaban J connectivity index is 1.36. The van der Waals surface area contributed by atoms with E-state index in [1.807, 2.05) is 36.4 Å². The predicted molar refractivity (Wildman–Crippen MR) is 112 cm³/mol. The second-order valence-electron chi connectivity index (χ2n) is 7.36. The molecule has 0 saturated carbocycles. The van der Waals surface area contributed by atoms with Gasteiger partial charge in [0.25, 0.3) is 0 Å². The van der Waals surface area contributed by atoms with Gasteiger partial charge in [0.05, 0.1) is 25.1 Å². The van der Waals surface area contributed by atoms with Crippen molar-refractivity contribution in [3.05, 3.63) is 59.2 Å². The average Bonchev–Trinajstić information content (AvgIpc) is 3.43. The van der Waals surface area contributed by atoms with E-state index in [2.05, 4.69) is 16.5 Å². The number of hydrogen-bond donors (Lipinski definition) is 1. The van der Waals surface area contributed by atoms with Gasteiger partial charge >= 0.3 is 0 Å². The molecule has 0 aromatic heterocycles. The molecule has 0 bridgehead atoms. The molecule has 2 aliphatic rings. The van der Waals surface area contributed by atoms with E-state index in [0.29, 0.717) is 12.3 Å². The van der Waals surface area contributed by atoms with Gasteiger partial charge in [-0.15, -0.1) is 0 Å². The Morgan fingerprint density at radius 1 is 1.07 bits per heavy atom. The molecule has 0 fully saturated rings. The number of nitrogens with one attached hydrogen (secondary N) is 1. The largest absolute Gasteiger partial charge is 0.495 e. The third-order valence-electron chi connectivity index (χ3n) is 5.49. The lowest BCUT2D eigenvalue weighted by Crippen LogP contribution is -2.25. The lowest BCUT2D eigenvalue weighted by molar-refractivity contribution is -0.132. The van der Waals surface area contributed by atoms with Crippen molar-refractivity contribution in [3.63, 3.8) is 0 Å². The number of aryl methyl sites for hydroxylation is 1. The molecule has 150 valence electrons. The van der Waals surface area contributed by atoms with Crippen LogP contribution in [0.3, 0.4) is 0 Å². The number of ether oxygens (including phenoxy) is 1. The summed E-state index contributed by atoms with van der Waals surface area (Å²) in [5.74, 6) is 0.363. The third-order valence-corrected chi connectivity index (χ3v) is 5.49. The topological polar surface area (TPSA) is 71.0 Å². The summed E-state index contributed by atoms with van der Waals surface area (Å²) in [6.45, 7) is 0.560. The zero-order valence-electron chi connectivity index (χ0n) is 16.6. The third kappa shape index (κ3) is 4.16. The molecule has 1 aliphatic heterocycles. The van der Waals surface area contributed by atoms with E-state index >= 15 is 0 Å².